The molecule has 21 heavy (non-hydrogen) atoms. The lowest BCUT2D eigenvalue weighted by Gasteiger charge is -2.37. The quantitative estimate of drug-likeness (QED) is 0.775. The van der Waals surface area contributed by atoms with Gasteiger partial charge in [0.2, 0.25) is 5.78 Å². The molecule has 1 aliphatic rings. The van der Waals surface area contributed by atoms with E-state index in [2.05, 4.69) is 11.9 Å². The van der Waals surface area contributed by atoms with Crippen LogP contribution in [0.3, 0.4) is 0 Å². The Kier molecular flexibility index (Phi) is 4.72. The Hall–Kier alpha value is -0.950. The van der Waals surface area contributed by atoms with Gasteiger partial charge in [-0.2, -0.15) is 13.2 Å². The number of carbonyl (C=O) groups excluding carboxylic acids is 1. The Labute approximate surface area is 125 Å². The first-order valence-corrected chi connectivity index (χ1v) is 7.82. The van der Waals surface area contributed by atoms with Gasteiger partial charge in [-0.05, 0) is 38.5 Å². The van der Waals surface area contributed by atoms with E-state index in [4.69, 9.17) is 4.74 Å². The lowest BCUT2D eigenvalue weighted by atomic mass is 9.76. The van der Waals surface area contributed by atoms with Gasteiger partial charge in [-0.1, -0.05) is 6.92 Å². The molecule has 3 nitrogen and oxygen atoms in total. The average molecular weight is 321 g/mol. The first-order valence-electron chi connectivity index (χ1n) is 7.00. The van der Waals surface area contributed by atoms with Crippen LogP contribution in [0.1, 0.15) is 54.2 Å². The molecule has 0 unspecified atom stereocenters. The van der Waals surface area contributed by atoms with Crippen LogP contribution >= 0.6 is 11.3 Å². The standard InChI is InChI=1S/C14H18F3NO2S/c1-3-20-13(6-4-9(2)5-7-13)11(19)10-8-18-12(21-10)14(15,16)17/h8-9H,3-7H2,1-2H3. The van der Waals surface area contributed by atoms with Crippen LogP contribution in [0.25, 0.3) is 0 Å². The van der Waals surface area contributed by atoms with E-state index in [1.165, 1.54) is 0 Å². The fourth-order valence-electron chi connectivity index (χ4n) is 2.68. The third kappa shape index (κ3) is 3.45. The molecule has 0 amide bonds. The number of hydrogen-bond donors (Lipinski definition) is 0. The van der Waals surface area contributed by atoms with Gasteiger partial charge in [0.1, 0.15) is 5.60 Å². The molecule has 0 aromatic carbocycles. The highest BCUT2D eigenvalue weighted by Gasteiger charge is 2.44. The Morgan fingerprint density at radius 3 is 2.57 bits per heavy atom. The second kappa shape index (κ2) is 6.04. The number of thiazole rings is 1. The van der Waals surface area contributed by atoms with E-state index < -0.39 is 16.8 Å². The summed E-state index contributed by atoms with van der Waals surface area (Å²) in [6, 6.07) is 0. The van der Waals surface area contributed by atoms with E-state index in [-0.39, 0.29) is 10.7 Å². The maximum Gasteiger partial charge on any atom is 0.443 e. The highest BCUT2D eigenvalue weighted by atomic mass is 32.1. The van der Waals surface area contributed by atoms with Crippen LogP contribution in [0.5, 0.6) is 0 Å². The second-order valence-corrected chi connectivity index (χ2v) is 6.50. The molecule has 1 aromatic heterocycles. The Balaban J connectivity index is 2.25. The maximum atomic E-state index is 12.6. The van der Waals surface area contributed by atoms with Crippen molar-refractivity contribution in [3.05, 3.63) is 16.1 Å². The van der Waals surface area contributed by atoms with Gasteiger partial charge in [0, 0.05) is 12.8 Å². The predicted octanol–water partition coefficient (Wildman–Crippen LogP) is 4.33. The van der Waals surface area contributed by atoms with Crippen LogP contribution < -0.4 is 0 Å². The molecule has 1 saturated carbocycles. The van der Waals surface area contributed by atoms with Gasteiger partial charge in [0.15, 0.2) is 5.01 Å². The number of hydrogen-bond acceptors (Lipinski definition) is 4. The van der Waals surface area contributed by atoms with Crippen molar-refractivity contribution in [2.45, 2.75) is 51.3 Å². The van der Waals surface area contributed by atoms with Crippen LogP contribution in [-0.4, -0.2) is 23.0 Å². The monoisotopic (exact) mass is 321 g/mol. The summed E-state index contributed by atoms with van der Waals surface area (Å²) in [5, 5.41) is -0.985. The number of halogens is 3. The lowest BCUT2D eigenvalue weighted by molar-refractivity contribution is -0.137. The van der Waals surface area contributed by atoms with E-state index in [1.807, 2.05) is 0 Å². The summed E-state index contributed by atoms with van der Waals surface area (Å²) in [6.45, 7) is 4.26. The molecule has 2 rings (SSSR count). The van der Waals surface area contributed by atoms with Gasteiger partial charge in [-0.15, -0.1) is 11.3 Å². The molecule has 1 aromatic rings. The highest BCUT2D eigenvalue weighted by Crippen LogP contribution is 2.39. The molecule has 0 spiro atoms. The minimum absolute atomic E-state index is 0.0327. The third-order valence-electron chi connectivity index (χ3n) is 3.89. The topological polar surface area (TPSA) is 39.2 Å². The molecule has 118 valence electrons. The average Bonchev–Trinajstić information content (AvgIpc) is 2.90. The fraction of sp³-hybridized carbons (Fsp3) is 0.714. The van der Waals surface area contributed by atoms with Crippen molar-refractivity contribution in [1.82, 2.24) is 4.98 Å². The molecule has 1 aliphatic carbocycles. The van der Waals surface area contributed by atoms with Crippen LogP contribution in [0.4, 0.5) is 13.2 Å². The maximum absolute atomic E-state index is 12.6. The van der Waals surface area contributed by atoms with Gasteiger partial charge in [0.05, 0.1) is 4.88 Å². The van der Waals surface area contributed by atoms with Crippen molar-refractivity contribution in [3.8, 4) is 0 Å². The predicted molar refractivity (Wildman–Crippen MR) is 73.4 cm³/mol. The SMILES string of the molecule is CCOC1(C(=O)c2cnc(C(F)(F)F)s2)CCC(C)CC1. The van der Waals surface area contributed by atoms with E-state index >= 15 is 0 Å². The van der Waals surface area contributed by atoms with Gasteiger partial charge in [-0.25, -0.2) is 4.98 Å². The number of Topliss-reactive ketones (excluding diaryl/α,β-unsaturated/α-hetero) is 1. The smallest absolute Gasteiger partial charge is 0.367 e. The summed E-state index contributed by atoms with van der Waals surface area (Å²) < 4.78 is 43.5. The number of rotatable bonds is 4. The summed E-state index contributed by atoms with van der Waals surface area (Å²) in [4.78, 5) is 16.0. The zero-order valence-corrected chi connectivity index (χ0v) is 12.8. The van der Waals surface area contributed by atoms with Crippen molar-refractivity contribution in [3.63, 3.8) is 0 Å². The first kappa shape index (κ1) is 16.4. The van der Waals surface area contributed by atoms with E-state index in [0.717, 1.165) is 19.0 Å². The molecule has 1 fully saturated rings. The minimum atomic E-state index is -4.51. The highest BCUT2D eigenvalue weighted by molar-refractivity contribution is 7.13. The molecule has 0 radical (unpaired) electrons. The number of nitrogens with zero attached hydrogens (tertiary/aromatic N) is 1. The third-order valence-corrected chi connectivity index (χ3v) is 4.93. The lowest BCUT2D eigenvalue weighted by Crippen LogP contribution is -2.44. The summed E-state index contributed by atoms with van der Waals surface area (Å²) >= 11 is 0.401. The molecule has 0 saturated heterocycles. The van der Waals surface area contributed by atoms with Gasteiger partial charge in [-0.3, -0.25) is 4.79 Å². The van der Waals surface area contributed by atoms with E-state index in [0.29, 0.717) is 36.7 Å². The molecule has 0 aliphatic heterocycles. The largest absolute Gasteiger partial charge is 0.443 e. The summed E-state index contributed by atoms with van der Waals surface area (Å²) in [7, 11) is 0. The molecule has 7 heteroatoms. The number of alkyl halides is 3. The molecule has 0 bridgehead atoms. The van der Waals surface area contributed by atoms with Crippen molar-refractivity contribution in [2.24, 2.45) is 5.92 Å². The summed E-state index contributed by atoms with van der Waals surface area (Å²) in [6.07, 6.45) is -0.689. The molecule has 1 heterocycles. The Bertz CT molecular complexity index is 505. The van der Waals surface area contributed by atoms with Gasteiger partial charge in [0.25, 0.3) is 0 Å². The van der Waals surface area contributed by atoms with Crippen molar-refractivity contribution in [1.29, 1.82) is 0 Å². The number of ether oxygens (including phenoxy) is 1. The molecule has 0 N–H and O–H groups in total. The van der Waals surface area contributed by atoms with E-state index in [9.17, 15) is 18.0 Å². The van der Waals surface area contributed by atoms with Crippen LogP contribution in [-0.2, 0) is 10.9 Å². The Morgan fingerprint density at radius 2 is 2.10 bits per heavy atom. The summed E-state index contributed by atoms with van der Waals surface area (Å²) in [5.74, 6) is 0.155. The molecular weight excluding hydrogens is 303 g/mol. The van der Waals surface area contributed by atoms with Crippen molar-refractivity contribution >= 4 is 17.1 Å². The normalized spacial score (nSPS) is 26.8. The number of aromatic nitrogens is 1. The minimum Gasteiger partial charge on any atom is -0.367 e. The summed E-state index contributed by atoms with van der Waals surface area (Å²) in [5.41, 5.74) is -0.976. The van der Waals surface area contributed by atoms with Crippen molar-refractivity contribution in [2.75, 3.05) is 6.61 Å². The zero-order valence-electron chi connectivity index (χ0n) is 12.0. The fourth-order valence-corrected chi connectivity index (χ4v) is 3.49. The van der Waals surface area contributed by atoms with E-state index in [1.54, 1.807) is 6.92 Å². The first-order chi connectivity index (χ1) is 9.78. The number of carbonyl (C=O) groups is 1. The zero-order chi connectivity index (χ0) is 15.7. The van der Waals surface area contributed by atoms with Crippen LogP contribution in [0.15, 0.2) is 6.20 Å². The van der Waals surface area contributed by atoms with Crippen LogP contribution in [0.2, 0.25) is 0 Å². The van der Waals surface area contributed by atoms with Crippen LogP contribution in [0, 0.1) is 5.92 Å². The second-order valence-electron chi connectivity index (χ2n) is 5.47. The number of ketones is 1. The van der Waals surface area contributed by atoms with Gasteiger partial charge < -0.3 is 4.74 Å². The Morgan fingerprint density at radius 1 is 1.48 bits per heavy atom. The molecule has 0 atom stereocenters. The van der Waals surface area contributed by atoms with Gasteiger partial charge >= 0.3 is 6.18 Å². The van der Waals surface area contributed by atoms with Crippen molar-refractivity contribution < 1.29 is 22.7 Å². The molecular formula is C14H18F3NO2S.